The molecule has 2 heterocycles. The van der Waals surface area contributed by atoms with Crippen LogP contribution in [0.1, 0.15) is 46.5 Å². The number of carbonyl (C=O) groups excluding carboxylic acids is 1. The largest absolute Gasteiger partial charge is 0.333 e. The Balaban J connectivity index is 1.71. The van der Waals surface area contributed by atoms with Crippen molar-refractivity contribution in [2.24, 2.45) is 5.92 Å². The van der Waals surface area contributed by atoms with Crippen molar-refractivity contribution in [3.8, 4) is 0 Å². The number of piperidine rings is 1. The average molecular weight is 267 g/mol. The second kappa shape index (κ2) is 6.12. The summed E-state index contributed by atoms with van der Waals surface area (Å²) in [5.74, 6) is 0.789. The van der Waals surface area contributed by atoms with Crippen LogP contribution in [0.15, 0.2) is 0 Å². The number of amides is 2. The number of likely N-dealkylation sites (tertiary alicyclic amines) is 2. The van der Waals surface area contributed by atoms with Gasteiger partial charge >= 0.3 is 6.03 Å². The van der Waals surface area contributed by atoms with Crippen LogP contribution in [-0.2, 0) is 0 Å². The van der Waals surface area contributed by atoms with Crippen LogP contribution >= 0.6 is 0 Å². The number of hydrogen-bond acceptors (Lipinski definition) is 2. The van der Waals surface area contributed by atoms with Gasteiger partial charge in [0, 0.05) is 25.2 Å². The van der Waals surface area contributed by atoms with Gasteiger partial charge in [0.15, 0.2) is 0 Å². The molecule has 1 N–H and O–H groups in total. The van der Waals surface area contributed by atoms with Gasteiger partial charge in [-0.2, -0.15) is 0 Å². The summed E-state index contributed by atoms with van der Waals surface area (Å²) >= 11 is 0. The third-order valence-electron chi connectivity index (χ3n) is 4.10. The fourth-order valence-electron chi connectivity index (χ4n) is 3.05. The average Bonchev–Trinajstić information content (AvgIpc) is 2.80. The molecule has 0 aromatic carbocycles. The summed E-state index contributed by atoms with van der Waals surface area (Å²) in [7, 11) is 0. The lowest BCUT2D eigenvalue weighted by Crippen LogP contribution is -2.51. The number of rotatable bonds is 2. The summed E-state index contributed by atoms with van der Waals surface area (Å²) in [6.45, 7) is 11.7. The van der Waals surface area contributed by atoms with Crippen LogP contribution in [0.25, 0.3) is 0 Å². The summed E-state index contributed by atoms with van der Waals surface area (Å²) in [5.41, 5.74) is -0.135. The van der Waals surface area contributed by atoms with Crippen LogP contribution in [-0.4, -0.2) is 54.1 Å². The molecule has 2 saturated heterocycles. The van der Waals surface area contributed by atoms with E-state index >= 15 is 0 Å². The van der Waals surface area contributed by atoms with Crippen LogP contribution in [0.4, 0.5) is 4.79 Å². The Labute approximate surface area is 117 Å². The molecule has 0 saturated carbocycles. The zero-order chi connectivity index (χ0) is 13.9. The van der Waals surface area contributed by atoms with Crippen molar-refractivity contribution in [2.45, 2.75) is 52.0 Å². The molecule has 0 aromatic heterocycles. The summed E-state index contributed by atoms with van der Waals surface area (Å²) < 4.78 is 0. The predicted molar refractivity (Wildman–Crippen MR) is 78.3 cm³/mol. The van der Waals surface area contributed by atoms with Gasteiger partial charge in [0.25, 0.3) is 0 Å². The normalized spacial score (nSPS) is 22.8. The molecule has 110 valence electrons. The van der Waals surface area contributed by atoms with E-state index in [4.69, 9.17) is 0 Å². The van der Waals surface area contributed by atoms with E-state index in [1.54, 1.807) is 0 Å². The van der Waals surface area contributed by atoms with Crippen molar-refractivity contribution in [3.63, 3.8) is 0 Å². The molecule has 4 heteroatoms. The second-order valence-electron chi connectivity index (χ2n) is 7.12. The lowest BCUT2D eigenvalue weighted by Gasteiger charge is -2.35. The molecule has 2 fully saturated rings. The Morgan fingerprint density at radius 1 is 1.11 bits per heavy atom. The van der Waals surface area contributed by atoms with Crippen molar-refractivity contribution >= 4 is 6.03 Å². The maximum atomic E-state index is 12.1. The number of nitrogens with zero attached hydrogens (tertiary/aromatic N) is 2. The smallest absolute Gasteiger partial charge is 0.317 e. The van der Waals surface area contributed by atoms with Gasteiger partial charge in [-0.1, -0.05) is 0 Å². The molecule has 0 bridgehead atoms. The number of nitrogens with one attached hydrogen (secondary N) is 1. The van der Waals surface area contributed by atoms with Gasteiger partial charge in [0.05, 0.1) is 0 Å². The zero-order valence-corrected chi connectivity index (χ0v) is 12.7. The van der Waals surface area contributed by atoms with Crippen LogP contribution in [0.2, 0.25) is 0 Å². The third-order valence-corrected chi connectivity index (χ3v) is 4.10. The first kappa shape index (κ1) is 14.6. The maximum absolute atomic E-state index is 12.1. The Kier molecular flexibility index (Phi) is 4.71. The van der Waals surface area contributed by atoms with Gasteiger partial charge in [-0.05, 0) is 65.5 Å². The molecule has 19 heavy (non-hydrogen) atoms. The molecule has 4 nitrogen and oxygen atoms in total. The fourth-order valence-corrected chi connectivity index (χ4v) is 3.05. The van der Waals surface area contributed by atoms with Crippen molar-refractivity contribution < 1.29 is 4.79 Å². The Morgan fingerprint density at radius 3 is 2.21 bits per heavy atom. The van der Waals surface area contributed by atoms with E-state index in [1.807, 2.05) is 25.7 Å². The predicted octanol–water partition coefficient (Wildman–Crippen LogP) is 2.30. The lowest BCUT2D eigenvalue weighted by atomic mass is 9.96. The zero-order valence-electron chi connectivity index (χ0n) is 12.7. The van der Waals surface area contributed by atoms with Crippen LogP contribution in [0.5, 0.6) is 0 Å². The molecule has 0 radical (unpaired) electrons. The van der Waals surface area contributed by atoms with E-state index in [1.165, 1.54) is 32.5 Å². The van der Waals surface area contributed by atoms with E-state index in [0.717, 1.165) is 31.8 Å². The molecule has 2 amide bonds. The summed E-state index contributed by atoms with van der Waals surface area (Å²) in [6.07, 6.45) is 5.06. The Morgan fingerprint density at radius 2 is 1.68 bits per heavy atom. The molecule has 0 spiro atoms. The Hall–Kier alpha value is -0.770. The van der Waals surface area contributed by atoms with Gasteiger partial charge in [-0.15, -0.1) is 0 Å². The number of carbonyl (C=O) groups is 1. The first-order valence-electron chi connectivity index (χ1n) is 7.73. The molecular weight excluding hydrogens is 238 g/mol. The molecular formula is C15H29N3O. The minimum atomic E-state index is -0.135. The van der Waals surface area contributed by atoms with Crippen molar-refractivity contribution in [3.05, 3.63) is 0 Å². The van der Waals surface area contributed by atoms with Gasteiger partial charge in [-0.25, -0.2) is 4.79 Å². The highest BCUT2D eigenvalue weighted by Crippen LogP contribution is 2.20. The molecule has 0 atom stereocenters. The van der Waals surface area contributed by atoms with E-state index in [2.05, 4.69) is 10.2 Å². The number of urea groups is 1. The highest BCUT2D eigenvalue weighted by atomic mass is 16.2. The van der Waals surface area contributed by atoms with E-state index in [9.17, 15) is 4.79 Å². The van der Waals surface area contributed by atoms with Crippen LogP contribution in [0, 0.1) is 5.92 Å². The minimum Gasteiger partial charge on any atom is -0.333 e. The highest BCUT2D eigenvalue weighted by molar-refractivity contribution is 5.75. The summed E-state index contributed by atoms with van der Waals surface area (Å²) in [5, 5.41) is 3.05. The lowest BCUT2D eigenvalue weighted by molar-refractivity contribution is 0.149. The fraction of sp³-hybridized carbons (Fsp3) is 0.933. The summed E-state index contributed by atoms with van der Waals surface area (Å²) in [4.78, 5) is 16.6. The SMILES string of the molecule is CC(C)(C)NC(=O)N1CCC(CN2CCCC2)CC1. The number of hydrogen-bond donors (Lipinski definition) is 1. The van der Waals surface area contributed by atoms with E-state index < -0.39 is 0 Å². The van der Waals surface area contributed by atoms with Crippen molar-refractivity contribution in [1.82, 2.24) is 15.1 Å². The van der Waals surface area contributed by atoms with Crippen LogP contribution < -0.4 is 5.32 Å². The van der Waals surface area contributed by atoms with Crippen molar-refractivity contribution in [1.29, 1.82) is 0 Å². The van der Waals surface area contributed by atoms with Gasteiger partial charge in [0.1, 0.15) is 0 Å². The molecule has 2 aliphatic heterocycles. The third kappa shape index (κ3) is 4.68. The second-order valence-corrected chi connectivity index (χ2v) is 7.12. The topological polar surface area (TPSA) is 35.6 Å². The first-order valence-corrected chi connectivity index (χ1v) is 7.73. The molecule has 2 aliphatic rings. The quantitative estimate of drug-likeness (QED) is 0.833. The minimum absolute atomic E-state index is 0.104. The van der Waals surface area contributed by atoms with Gasteiger partial charge in [0.2, 0.25) is 0 Å². The van der Waals surface area contributed by atoms with Crippen LogP contribution in [0.3, 0.4) is 0 Å². The van der Waals surface area contributed by atoms with E-state index in [0.29, 0.717) is 0 Å². The maximum Gasteiger partial charge on any atom is 0.317 e. The van der Waals surface area contributed by atoms with E-state index in [-0.39, 0.29) is 11.6 Å². The highest BCUT2D eigenvalue weighted by Gasteiger charge is 2.26. The molecule has 0 aliphatic carbocycles. The first-order chi connectivity index (χ1) is 8.94. The van der Waals surface area contributed by atoms with Gasteiger partial charge in [-0.3, -0.25) is 0 Å². The summed E-state index contributed by atoms with van der Waals surface area (Å²) in [6, 6.07) is 0.104. The monoisotopic (exact) mass is 267 g/mol. The standard InChI is InChI=1S/C15H29N3O/c1-15(2,3)16-14(19)18-10-6-13(7-11-18)12-17-8-4-5-9-17/h13H,4-12H2,1-3H3,(H,16,19). The molecule has 0 unspecified atom stereocenters. The molecule has 2 rings (SSSR count). The van der Waals surface area contributed by atoms with Gasteiger partial charge < -0.3 is 15.1 Å². The Bertz CT molecular complexity index is 297. The van der Waals surface area contributed by atoms with Crippen molar-refractivity contribution in [2.75, 3.05) is 32.7 Å². The molecule has 0 aromatic rings.